The first kappa shape index (κ1) is 16.4. The average molecular weight is 316 g/mol. The van der Waals surface area contributed by atoms with Crippen LogP contribution in [0.15, 0.2) is 0 Å². The van der Waals surface area contributed by atoms with Crippen LogP contribution in [0.5, 0.6) is 0 Å². The van der Waals surface area contributed by atoms with Crippen molar-refractivity contribution in [3.8, 4) is 0 Å². The van der Waals surface area contributed by atoms with Gasteiger partial charge in [-0.2, -0.15) is 0 Å². The van der Waals surface area contributed by atoms with E-state index < -0.39 is 10.0 Å². The number of hydrogen-bond donors (Lipinski definition) is 1. The molecule has 0 bridgehead atoms. The van der Waals surface area contributed by atoms with Crippen LogP contribution in [-0.4, -0.2) is 38.8 Å². The lowest BCUT2D eigenvalue weighted by Crippen LogP contribution is -2.33. The fourth-order valence-electron chi connectivity index (χ4n) is 1.20. The van der Waals surface area contributed by atoms with Crippen molar-refractivity contribution < 1.29 is 13.2 Å². The molecule has 0 aromatic carbocycles. The van der Waals surface area contributed by atoms with E-state index in [0.29, 0.717) is 19.1 Å². The van der Waals surface area contributed by atoms with Gasteiger partial charge in [-0.15, -0.1) is 0 Å². The molecule has 1 N–H and O–H groups in total. The van der Waals surface area contributed by atoms with Gasteiger partial charge in [0.2, 0.25) is 10.0 Å². The lowest BCUT2D eigenvalue weighted by Gasteiger charge is -2.13. The van der Waals surface area contributed by atoms with Gasteiger partial charge in [-0.25, -0.2) is 13.1 Å². The zero-order chi connectivity index (χ0) is 12.6. The Kier molecular flexibility index (Phi) is 8.63. The highest BCUT2D eigenvalue weighted by Gasteiger charge is 2.13. The molecule has 98 valence electrons. The molecule has 0 rings (SSSR count). The quantitative estimate of drug-likeness (QED) is 0.521. The smallest absolute Gasteiger partial charge is 0.213 e. The second kappa shape index (κ2) is 8.44. The maximum atomic E-state index is 11.5. The van der Waals surface area contributed by atoms with E-state index in [2.05, 4.69) is 34.5 Å². The van der Waals surface area contributed by atoms with Gasteiger partial charge in [0.15, 0.2) is 0 Å². The molecule has 0 aromatic heterocycles. The molecule has 4 nitrogen and oxygen atoms in total. The maximum absolute atomic E-state index is 11.5. The Labute approximate surface area is 107 Å². The number of hydrogen-bond acceptors (Lipinski definition) is 3. The first-order valence-corrected chi connectivity index (χ1v) is 8.13. The van der Waals surface area contributed by atoms with Gasteiger partial charge in [0.25, 0.3) is 0 Å². The lowest BCUT2D eigenvalue weighted by molar-refractivity contribution is 0.163. The minimum absolute atomic E-state index is 0.0300. The number of sulfonamides is 1. The fourth-order valence-corrected chi connectivity index (χ4v) is 3.26. The molecule has 1 unspecified atom stereocenters. The molecule has 0 spiro atoms. The Hall–Kier alpha value is 0.350. The standard InChI is InChI=1S/C10H22BrNO3S/c1-4-15-5-6-16(13,14)12-8-10(11)7-9(2)3/h9-10,12H,4-8H2,1-3H3. The van der Waals surface area contributed by atoms with E-state index in [9.17, 15) is 8.42 Å². The first-order valence-electron chi connectivity index (χ1n) is 5.56. The van der Waals surface area contributed by atoms with E-state index in [1.807, 2.05) is 6.92 Å². The number of nitrogens with one attached hydrogen (secondary N) is 1. The number of ether oxygens (including phenoxy) is 1. The van der Waals surface area contributed by atoms with Crippen LogP contribution in [0, 0.1) is 5.92 Å². The van der Waals surface area contributed by atoms with E-state index in [1.165, 1.54) is 0 Å². The summed E-state index contributed by atoms with van der Waals surface area (Å²) in [5.41, 5.74) is 0. The fraction of sp³-hybridized carbons (Fsp3) is 1.00. The summed E-state index contributed by atoms with van der Waals surface area (Å²) < 4.78 is 30.5. The molecule has 0 aliphatic rings. The Morgan fingerprint density at radius 2 is 2.00 bits per heavy atom. The van der Waals surface area contributed by atoms with Crippen LogP contribution in [0.3, 0.4) is 0 Å². The largest absolute Gasteiger partial charge is 0.381 e. The average Bonchev–Trinajstić information content (AvgIpc) is 2.14. The Morgan fingerprint density at radius 1 is 1.38 bits per heavy atom. The van der Waals surface area contributed by atoms with Crippen molar-refractivity contribution in [1.82, 2.24) is 4.72 Å². The van der Waals surface area contributed by atoms with Gasteiger partial charge in [-0.1, -0.05) is 29.8 Å². The predicted octanol–water partition coefficient (Wildman–Crippen LogP) is 1.75. The van der Waals surface area contributed by atoms with Crippen molar-refractivity contribution in [2.45, 2.75) is 32.0 Å². The Bertz CT molecular complexity index is 267. The zero-order valence-corrected chi connectivity index (χ0v) is 12.6. The molecule has 0 amide bonds. The molecular weight excluding hydrogens is 294 g/mol. The molecule has 0 aromatic rings. The van der Waals surface area contributed by atoms with Crippen molar-refractivity contribution >= 4 is 26.0 Å². The second-order valence-corrected chi connectivity index (χ2v) is 7.31. The van der Waals surface area contributed by atoms with Crippen molar-refractivity contribution in [3.05, 3.63) is 0 Å². The van der Waals surface area contributed by atoms with Crippen LogP contribution in [0.1, 0.15) is 27.2 Å². The normalized spacial score (nSPS) is 14.3. The van der Waals surface area contributed by atoms with E-state index in [4.69, 9.17) is 4.74 Å². The molecule has 0 saturated heterocycles. The lowest BCUT2D eigenvalue weighted by atomic mass is 10.1. The summed E-state index contributed by atoms with van der Waals surface area (Å²) in [4.78, 5) is 0.189. The highest BCUT2D eigenvalue weighted by atomic mass is 79.9. The van der Waals surface area contributed by atoms with Gasteiger partial charge in [0.05, 0.1) is 12.4 Å². The van der Waals surface area contributed by atoms with Gasteiger partial charge in [-0.05, 0) is 19.3 Å². The zero-order valence-electron chi connectivity index (χ0n) is 10.2. The molecule has 0 heterocycles. The minimum Gasteiger partial charge on any atom is -0.381 e. The van der Waals surface area contributed by atoms with Gasteiger partial charge in [0, 0.05) is 18.0 Å². The third-order valence-corrected chi connectivity index (χ3v) is 3.96. The third-order valence-electron chi connectivity index (χ3n) is 1.95. The second-order valence-electron chi connectivity index (χ2n) is 4.09. The summed E-state index contributed by atoms with van der Waals surface area (Å²) in [5, 5.41) is 0. The predicted molar refractivity (Wildman–Crippen MR) is 70.5 cm³/mol. The number of rotatable bonds is 9. The van der Waals surface area contributed by atoms with Crippen LogP contribution in [0.2, 0.25) is 0 Å². The first-order chi connectivity index (χ1) is 7.37. The van der Waals surface area contributed by atoms with E-state index in [-0.39, 0.29) is 17.2 Å². The van der Waals surface area contributed by atoms with Crippen LogP contribution in [0.4, 0.5) is 0 Å². The highest BCUT2D eigenvalue weighted by molar-refractivity contribution is 9.09. The summed E-state index contributed by atoms with van der Waals surface area (Å²) in [6.07, 6.45) is 0.952. The van der Waals surface area contributed by atoms with Crippen molar-refractivity contribution in [1.29, 1.82) is 0 Å². The van der Waals surface area contributed by atoms with E-state index in [0.717, 1.165) is 6.42 Å². The van der Waals surface area contributed by atoms with Crippen LogP contribution in [0.25, 0.3) is 0 Å². The highest BCUT2D eigenvalue weighted by Crippen LogP contribution is 2.11. The molecule has 0 saturated carbocycles. The minimum atomic E-state index is -3.19. The van der Waals surface area contributed by atoms with Crippen molar-refractivity contribution in [3.63, 3.8) is 0 Å². The summed E-state index contributed by atoms with van der Waals surface area (Å²) in [7, 11) is -3.19. The van der Waals surface area contributed by atoms with Crippen LogP contribution < -0.4 is 4.72 Å². The van der Waals surface area contributed by atoms with Crippen LogP contribution in [-0.2, 0) is 14.8 Å². The summed E-state index contributed by atoms with van der Waals surface area (Å²) >= 11 is 3.45. The summed E-state index contributed by atoms with van der Waals surface area (Å²) in [6, 6.07) is 0. The Morgan fingerprint density at radius 3 is 2.50 bits per heavy atom. The summed E-state index contributed by atoms with van der Waals surface area (Å²) in [6.45, 7) is 7.30. The molecule has 1 atom stereocenters. The monoisotopic (exact) mass is 315 g/mol. The summed E-state index contributed by atoms with van der Waals surface area (Å²) in [5.74, 6) is 0.583. The van der Waals surface area contributed by atoms with Gasteiger partial charge in [-0.3, -0.25) is 0 Å². The van der Waals surface area contributed by atoms with Crippen molar-refractivity contribution in [2.24, 2.45) is 5.92 Å². The van der Waals surface area contributed by atoms with Crippen molar-refractivity contribution in [2.75, 3.05) is 25.5 Å². The molecule has 0 fully saturated rings. The molecule has 6 heteroatoms. The van der Waals surface area contributed by atoms with Gasteiger partial charge in [0.1, 0.15) is 0 Å². The Balaban J connectivity index is 3.81. The molecule has 0 aliphatic carbocycles. The molecule has 16 heavy (non-hydrogen) atoms. The molecular formula is C10H22BrNO3S. The number of halogens is 1. The molecule has 0 radical (unpaired) electrons. The SMILES string of the molecule is CCOCCS(=O)(=O)NCC(Br)CC(C)C. The maximum Gasteiger partial charge on any atom is 0.213 e. The molecule has 0 aliphatic heterocycles. The topological polar surface area (TPSA) is 55.4 Å². The van der Waals surface area contributed by atoms with Gasteiger partial charge >= 0.3 is 0 Å². The van der Waals surface area contributed by atoms with E-state index in [1.54, 1.807) is 0 Å². The van der Waals surface area contributed by atoms with Gasteiger partial charge < -0.3 is 4.74 Å². The third kappa shape index (κ3) is 9.57. The van der Waals surface area contributed by atoms with Crippen LogP contribution >= 0.6 is 15.9 Å². The number of alkyl halides is 1. The van der Waals surface area contributed by atoms with E-state index >= 15 is 0 Å².